The Kier molecular flexibility index (Phi) is 3.58. The number of hydrogen-bond acceptors (Lipinski definition) is 3. The van der Waals surface area contributed by atoms with Gasteiger partial charge in [-0.2, -0.15) is 0 Å². The van der Waals surface area contributed by atoms with Gasteiger partial charge in [0.1, 0.15) is 11.9 Å². The fraction of sp³-hybridized carbons (Fsp3) is 0.214. The summed E-state index contributed by atoms with van der Waals surface area (Å²) < 4.78 is 17.7. The van der Waals surface area contributed by atoms with Crippen LogP contribution in [-0.4, -0.2) is 19.1 Å². The zero-order valence-corrected chi connectivity index (χ0v) is 10.0. The van der Waals surface area contributed by atoms with Gasteiger partial charge in [0.15, 0.2) is 0 Å². The number of methoxy groups -OCH3 is 1. The third-order valence-electron chi connectivity index (χ3n) is 2.83. The van der Waals surface area contributed by atoms with Gasteiger partial charge in [0.05, 0.1) is 7.11 Å². The fourth-order valence-corrected chi connectivity index (χ4v) is 1.88. The molecule has 0 aliphatic rings. The van der Waals surface area contributed by atoms with E-state index in [0.717, 1.165) is 16.3 Å². The van der Waals surface area contributed by atoms with Gasteiger partial charge in [0.25, 0.3) is 0 Å². The Bertz CT molecular complexity index is 583. The maximum atomic E-state index is 13.1. The van der Waals surface area contributed by atoms with Crippen LogP contribution in [-0.2, 0) is 16.0 Å². The van der Waals surface area contributed by atoms with E-state index < -0.39 is 12.0 Å². The maximum Gasteiger partial charge on any atom is 0.322 e. The van der Waals surface area contributed by atoms with Crippen molar-refractivity contribution >= 4 is 16.7 Å². The zero-order valence-electron chi connectivity index (χ0n) is 10.0. The van der Waals surface area contributed by atoms with E-state index in [9.17, 15) is 9.18 Å². The summed E-state index contributed by atoms with van der Waals surface area (Å²) in [5.41, 5.74) is 6.57. The van der Waals surface area contributed by atoms with E-state index in [1.807, 2.05) is 18.2 Å². The molecule has 0 heterocycles. The number of carbonyl (C=O) groups excluding carboxylic acids is 1. The average Bonchev–Trinajstić information content (AvgIpc) is 2.37. The maximum absolute atomic E-state index is 13.1. The number of rotatable bonds is 3. The lowest BCUT2D eigenvalue weighted by atomic mass is 10.0. The van der Waals surface area contributed by atoms with E-state index >= 15 is 0 Å². The van der Waals surface area contributed by atoms with Crippen molar-refractivity contribution in [3.8, 4) is 0 Å². The van der Waals surface area contributed by atoms with E-state index in [0.29, 0.717) is 6.42 Å². The van der Waals surface area contributed by atoms with Crippen molar-refractivity contribution in [2.75, 3.05) is 7.11 Å². The lowest BCUT2D eigenvalue weighted by molar-refractivity contribution is -0.142. The monoisotopic (exact) mass is 247 g/mol. The van der Waals surface area contributed by atoms with Gasteiger partial charge in [-0.1, -0.05) is 24.3 Å². The highest BCUT2D eigenvalue weighted by Crippen LogP contribution is 2.18. The van der Waals surface area contributed by atoms with Crippen molar-refractivity contribution < 1.29 is 13.9 Å². The van der Waals surface area contributed by atoms with Crippen molar-refractivity contribution in [1.82, 2.24) is 0 Å². The first-order valence-corrected chi connectivity index (χ1v) is 5.62. The Morgan fingerprint density at radius 2 is 2.00 bits per heavy atom. The summed E-state index contributed by atoms with van der Waals surface area (Å²) in [5, 5.41) is 1.75. The first kappa shape index (κ1) is 12.5. The second kappa shape index (κ2) is 5.14. The molecule has 0 unspecified atom stereocenters. The Labute approximate surface area is 104 Å². The van der Waals surface area contributed by atoms with Crippen molar-refractivity contribution in [3.63, 3.8) is 0 Å². The smallest absolute Gasteiger partial charge is 0.322 e. The third-order valence-corrected chi connectivity index (χ3v) is 2.83. The van der Waals surface area contributed by atoms with Crippen molar-refractivity contribution in [3.05, 3.63) is 47.8 Å². The van der Waals surface area contributed by atoms with Crippen LogP contribution >= 0.6 is 0 Å². The second-order valence-corrected chi connectivity index (χ2v) is 4.16. The summed E-state index contributed by atoms with van der Waals surface area (Å²) in [4.78, 5) is 11.2. The predicted octanol–water partition coefficient (Wildman–Crippen LogP) is 2.02. The van der Waals surface area contributed by atoms with E-state index in [-0.39, 0.29) is 5.82 Å². The van der Waals surface area contributed by atoms with Gasteiger partial charge in [0, 0.05) is 0 Å². The summed E-state index contributed by atoms with van der Waals surface area (Å²) >= 11 is 0. The lowest BCUT2D eigenvalue weighted by Gasteiger charge is -2.09. The first-order chi connectivity index (χ1) is 8.60. The quantitative estimate of drug-likeness (QED) is 0.844. The van der Waals surface area contributed by atoms with Gasteiger partial charge in [-0.15, -0.1) is 0 Å². The lowest BCUT2D eigenvalue weighted by Crippen LogP contribution is -2.33. The molecule has 18 heavy (non-hydrogen) atoms. The number of hydrogen-bond donors (Lipinski definition) is 1. The highest BCUT2D eigenvalue weighted by molar-refractivity contribution is 5.83. The molecule has 0 fully saturated rings. The largest absolute Gasteiger partial charge is 0.468 e. The molecule has 2 N–H and O–H groups in total. The number of halogens is 1. The molecular weight excluding hydrogens is 233 g/mol. The van der Waals surface area contributed by atoms with Gasteiger partial charge in [-0.25, -0.2) is 4.39 Å². The van der Waals surface area contributed by atoms with Crippen LogP contribution in [0.2, 0.25) is 0 Å². The Hall–Kier alpha value is -1.94. The van der Waals surface area contributed by atoms with Gasteiger partial charge in [-0.3, -0.25) is 4.79 Å². The zero-order chi connectivity index (χ0) is 13.1. The minimum Gasteiger partial charge on any atom is -0.468 e. The molecule has 2 aromatic carbocycles. The fourth-order valence-electron chi connectivity index (χ4n) is 1.88. The van der Waals surface area contributed by atoms with Crippen molar-refractivity contribution in [2.45, 2.75) is 12.5 Å². The molecule has 1 atom stereocenters. The van der Waals surface area contributed by atoms with Gasteiger partial charge in [0.2, 0.25) is 0 Å². The Balaban J connectivity index is 2.27. The summed E-state index contributed by atoms with van der Waals surface area (Å²) in [7, 11) is 1.30. The van der Waals surface area contributed by atoms with Crippen LogP contribution in [0.3, 0.4) is 0 Å². The molecule has 2 aromatic rings. The van der Waals surface area contributed by atoms with Crippen LogP contribution in [0, 0.1) is 5.82 Å². The molecule has 0 saturated heterocycles. The molecule has 0 radical (unpaired) electrons. The molecule has 0 amide bonds. The molecule has 2 rings (SSSR count). The summed E-state index contributed by atoms with van der Waals surface area (Å²) in [6, 6.07) is 9.50. The highest BCUT2D eigenvalue weighted by Gasteiger charge is 2.14. The number of fused-ring (bicyclic) bond motifs is 1. The average molecular weight is 247 g/mol. The van der Waals surface area contributed by atoms with Crippen LogP contribution < -0.4 is 5.73 Å². The summed E-state index contributed by atoms with van der Waals surface area (Å²) in [6.45, 7) is 0. The first-order valence-electron chi connectivity index (χ1n) is 5.62. The third kappa shape index (κ3) is 2.65. The molecular formula is C14H14FNO2. The molecule has 4 heteroatoms. The van der Waals surface area contributed by atoms with Crippen LogP contribution in [0.25, 0.3) is 10.8 Å². The van der Waals surface area contributed by atoms with Gasteiger partial charge in [-0.05, 0) is 34.9 Å². The van der Waals surface area contributed by atoms with Gasteiger partial charge < -0.3 is 10.5 Å². The second-order valence-electron chi connectivity index (χ2n) is 4.16. The van der Waals surface area contributed by atoms with E-state index in [2.05, 4.69) is 4.74 Å². The van der Waals surface area contributed by atoms with Crippen LogP contribution in [0.15, 0.2) is 36.4 Å². The van der Waals surface area contributed by atoms with E-state index in [1.165, 1.54) is 19.2 Å². The Morgan fingerprint density at radius 3 is 2.72 bits per heavy atom. The topological polar surface area (TPSA) is 52.3 Å². The summed E-state index contributed by atoms with van der Waals surface area (Å²) in [6.07, 6.45) is 0.374. The molecule has 0 aromatic heterocycles. The Morgan fingerprint density at radius 1 is 1.28 bits per heavy atom. The highest BCUT2D eigenvalue weighted by atomic mass is 19.1. The van der Waals surface area contributed by atoms with Crippen LogP contribution in [0.5, 0.6) is 0 Å². The van der Waals surface area contributed by atoms with Gasteiger partial charge >= 0.3 is 5.97 Å². The summed E-state index contributed by atoms with van der Waals surface area (Å²) in [5.74, 6) is -0.730. The predicted molar refractivity (Wildman–Crippen MR) is 67.6 cm³/mol. The van der Waals surface area contributed by atoms with E-state index in [1.54, 1.807) is 6.07 Å². The number of benzene rings is 2. The number of esters is 1. The standard InChI is InChI=1S/C14H14FNO2/c1-18-14(17)13(16)7-9-2-3-10-4-5-12(15)8-11(10)6-9/h2-6,8,13H,7,16H2,1H3/t13-/m0/s1. The minimum atomic E-state index is -0.694. The van der Waals surface area contributed by atoms with E-state index in [4.69, 9.17) is 5.73 Å². The molecule has 0 aliphatic heterocycles. The van der Waals surface area contributed by atoms with Crippen molar-refractivity contribution in [2.24, 2.45) is 5.73 Å². The minimum absolute atomic E-state index is 0.281. The number of carbonyl (C=O) groups is 1. The molecule has 3 nitrogen and oxygen atoms in total. The SMILES string of the molecule is COC(=O)[C@@H](N)Cc1ccc2ccc(F)cc2c1. The van der Waals surface area contributed by atoms with Crippen LogP contribution in [0.1, 0.15) is 5.56 Å². The number of ether oxygens (including phenoxy) is 1. The normalized spacial score (nSPS) is 12.4. The van der Waals surface area contributed by atoms with Crippen molar-refractivity contribution in [1.29, 1.82) is 0 Å². The van der Waals surface area contributed by atoms with Crippen LogP contribution in [0.4, 0.5) is 4.39 Å². The molecule has 94 valence electrons. The molecule has 0 spiro atoms. The molecule has 0 aliphatic carbocycles. The molecule has 0 bridgehead atoms. The number of nitrogens with two attached hydrogens (primary N) is 1. The molecule has 0 saturated carbocycles.